The van der Waals surface area contributed by atoms with E-state index in [2.05, 4.69) is 36.6 Å². The van der Waals surface area contributed by atoms with Gasteiger partial charge >= 0.3 is 0 Å². The number of guanidine groups is 1. The lowest BCUT2D eigenvalue weighted by atomic mass is 10.2. The number of rotatable bonds is 8. The molecule has 1 aromatic carbocycles. The molecule has 1 aromatic heterocycles. The topological polar surface area (TPSA) is 67.1 Å². The lowest BCUT2D eigenvalue weighted by molar-refractivity contribution is 0.460. The quantitative estimate of drug-likeness (QED) is 0.165. The average Bonchev–Trinajstić information content (AvgIpc) is 3.37. The maximum absolute atomic E-state index is 6.21. The van der Waals surface area contributed by atoms with Crippen LogP contribution in [0.1, 0.15) is 49.5 Å². The molecule has 0 aliphatic heterocycles. The number of hydrogen-bond acceptors (Lipinski definition) is 4. The van der Waals surface area contributed by atoms with E-state index in [0.29, 0.717) is 12.6 Å². The second kappa shape index (κ2) is 12.6. The second-order valence-corrected chi connectivity index (χ2v) is 8.14. The van der Waals surface area contributed by atoms with Crippen molar-refractivity contribution in [2.75, 3.05) is 19.8 Å². The molecule has 160 valence electrons. The van der Waals surface area contributed by atoms with Gasteiger partial charge in [-0.25, -0.2) is 0 Å². The lowest BCUT2D eigenvalue weighted by Gasteiger charge is -2.16. The van der Waals surface area contributed by atoms with Crippen LogP contribution < -0.4 is 10.6 Å². The van der Waals surface area contributed by atoms with Crippen molar-refractivity contribution < 1.29 is 0 Å². The molecule has 1 heterocycles. The summed E-state index contributed by atoms with van der Waals surface area (Å²) in [5.74, 6) is 1.89. The molecule has 0 atom stereocenters. The van der Waals surface area contributed by atoms with Gasteiger partial charge in [0.1, 0.15) is 5.82 Å². The summed E-state index contributed by atoms with van der Waals surface area (Å²) in [6, 6.07) is 8.42. The van der Waals surface area contributed by atoms with Crippen molar-refractivity contribution in [2.24, 2.45) is 4.99 Å². The molecule has 29 heavy (non-hydrogen) atoms. The molecule has 1 aliphatic rings. The molecule has 0 saturated heterocycles. The molecule has 0 spiro atoms. The summed E-state index contributed by atoms with van der Waals surface area (Å²) in [4.78, 5) is 4.29. The first-order valence-electron chi connectivity index (χ1n) is 9.88. The number of nitrogens with one attached hydrogen (secondary N) is 2. The van der Waals surface area contributed by atoms with E-state index < -0.39 is 0 Å². The minimum atomic E-state index is 0. The number of hydrogen-bond donors (Lipinski definition) is 2. The molecule has 1 fully saturated rings. The number of halogens is 2. The van der Waals surface area contributed by atoms with Gasteiger partial charge in [0.25, 0.3) is 0 Å². The number of aromatic nitrogens is 3. The maximum Gasteiger partial charge on any atom is 0.191 e. The monoisotopic (exact) mass is 548 g/mol. The Bertz CT molecular complexity index is 791. The SMILES string of the molecule is CN=C(NCCCc1nnc(SC)n1C1CCCC1)NCc1ccccc1Cl.I. The number of benzene rings is 1. The molecule has 0 radical (unpaired) electrons. The highest BCUT2D eigenvalue weighted by molar-refractivity contribution is 14.0. The van der Waals surface area contributed by atoms with Crippen molar-refractivity contribution in [3.8, 4) is 0 Å². The van der Waals surface area contributed by atoms with Gasteiger partial charge in [-0.05, 0) is 37.1 Å². The Morgan fingerprint density at radius 1 is 1.24 bits per heavy atom. The Hall–Kier alpha value is -1.000. The Labute approximate surface area is 199 Å². The fraction of sp³-hybridized carbons (Fsp3) is 0.550. The van der Waals surface area contributed by atoms with E-state index in [4.69, 9.17) is 11.6 Å². The summed E-state index contributed by atoms with van der Waals surface area (Å²) in [6.45, 7) is 1.47. The molecule has 1 aliphatic carbocycles. The second-order valence-electron chi connectivity index (χ2n) is 6.96. The van der Waals surface area contributed by atoms with E-state index in [1.54, 1.807) is 18.8 Å². The van der Waals surface area contributed by atoms with Crippen LogP contribution in [0.5, 0.6) is 0 Å². The number of aliphatic imine (C=N–C) groups is 1. The standard InChI is InChI=1S/C20H29ClN6S.HI/c1-22-19(24-14-15-8-3-6-11-17(15)21)23-13-7-12-18-25-26-20(28-2)27(18)16-9-4-5-10-16;/h3,6,8,11,16H,4-5,7,9-10,12-14H2,1-2H3,(H2,22,23,24);1H. The van der Waals surface area contributed by atoms with Crippen LogP contribution in [-0.4, -0.2) is 40.6 Å². The predicted molar refractivity (Wildman–Crippen MR) is 133 cm³/mol. The third kappa shape index (κ3) is 6.75. The molecule has 2 aromatic rings. The van der Waals surface area contributed by atoms with Gasteiger partial charge in [-0.2, -0.15) is 0 Å². The first-order valence-corrected chi connectivity index (χ1v) is 11.5. The fourth-order valence-corrected chi connectivity index (χ4v) is 4.42. The van der Waals surface area contributed by atoms with Gasteiger partial charge in [0, 0.05) is 37.6 Å². The average molecular weight is 549 g/mol. The third-order valence-electron chi connectivity index (χ3n) is 5.10. The Morgan fingerprint density at radius 3 is 2.69 bits per heavy atom. The minimum Gasteiger partial charge on any atom is -0.356 e. The Morgan fingerprint density at radius 2 is 2.00 bits per heavy atom. The van der Waals surface area contributed by atoms with Gasteiger partial charge in [-0.1, -0.05) is 54.4 Å². The molecule has 1 saturated carbocycles. The van der Waals surface area contributed by atoms with Gasteiger partial charge in [-0.3, -0.25) is 4.99 Å². The first kappa shape index (κ1) is 24.3. The summed E-state index contributed by atoms with van der Waals surface area (Å²) < 4.78 is 2.38. The molecular formula is C20H30ClIN6S. The van der Waals surface area contributed by atoms with Crippen LogP contribution in [-0.2, 0) is 13.0 Å². The van der Waals surface area contributed by atoms with Crippen LogP contribution in [0.3, 0.4) is 0 Å². The van der Waals surface area contributed by atoms with Crippen LogP contribution in [0.4, 0.5) is 0 Å². The third-order valence-corrected chi connectivity index (χ3v) is 6.12. The van der Waals surface area contributed by atoms with Gasteiger partial charge in [0.2, 0.25) is 0 Å². The molecule has 9 heteroatoms. The lowest BCUT2D eigenvalue weighted by Crippen LogP contribution is -2.37. The largest absolute Gasteiger partial charge is 0.356 e. The summed E-state index contributed by atoms with van der Waals surface area (Å²) in [5, 5.41) is 17.3. The van der Waals surface area contributed by atoms with E-state index in [1.165, 1.54) is 25.7 Å². The van der Waals surface area contributed by atoms with Crippen LogP contribution in [0, 0.1) is 0 Å². The van der Waals surface area contributed by atoms with Crippen LogP contribution in [0.15, 0.2) is 34.4 Å². The Balaban J connectivity index is 0.00000300. The molecular weight excluding hydrogens is 519 g/mol. The molecule has 3 rings (SSSR count). The fourth-order valence-electron chi connectivity index (χ4n) is 3.64. The zero-order chi connectivity index (χ0) is 19.8. The van der Waals surface area contributed by atoms with E-state index in [1.807, 2.05) is 24.3 Å². The van der Waals surface area contributed by atoms with Crippen LogP contribution in [0.2, 0.25) is 5.02 Å². The number of thioether (sulfide) groups is 1. The predicted octanol–water partition coefficient (Wildman–Crippen LogP) is 4.68. The molecule has 6 nitrogen and oxygen atoms in total. The van der Waals surface area contributed by atoms with Crippen LogP contribution >= 0.6 is 47.3 Å². The summed E-state index contributed by atoms with van der Waals surface area (Å²) in [7, 11) is 1.78. The highest BCUT2D eigenvalue weighted by atomic mass is 127. The number of nitrogens with zero attached hydrogens (tertiary/aromatic N) is 4. The van der Waals surface area contributed by atoms with Gasteiger partial charge in [-0.15, -0.1) is 34.2 Å². The summed E-state index contributed by atoms with van der Waals surface area (Å²) >= 11 is 7.90. The van der Waals surface area contributed by atoms with Gasteiger partial charge in [0.05, 0.1) is 0 Å². The van der Waals surface area contributed by atoms with E-state index in [0.717, 1.165) is 46.9 Å². The van der Waals surface area contributed by atoms with E-state index >= 15 is 0 Å². The van der Waals surface area contributed by atoms with Crippen molar-refractivity contribution in [1.82, 2.24) is 25.4 Å². The maximum atomic E-state index is 6.21. The number of aryl methyl sites for hydroxylation is 1. The minimum absolute atomic E-state index is 0. The molecule has 0 unspecified atom stereocenters. The van der Waals surface area contributed by atoms with Gasteiger partial charge < -0.3 is 15.2 Å². The summed E-state index contributed by atoms with van der Waals surface area (Å²) in [5.41, 5.74) is 1.06. The van der Waals surface area contributed by atoms with Gasteiger partial charge in [0.15, 0.2) is 11.1 Å². The highest BCUT2D eigenvalue weighted by Gasteiger charge is 2.23. The van der Waals surface area contributed by atoms with Crippen molar-refractivity contribution in [3.05, 3.63) is 40.7 Å². The summed E-state index contributed by atoms with van der Waals surface area (Å²) in [6.07, 6.45) is 9.08. The van der Waals surface area contributed by atoms with Crippen molar-refractivity contribution in [2.45, 2.75) is 56.3 Å². The molecule has 0 bridgehead atoms. The van der Waals surface area contributed by atoms with Crippen molar-refractivity contribution in [3.63, 3.8) is 0 Å². The zero-order valence-electron chi connectivity index (χ0n) is 17.0. The zero-order valence-corrected chi connectivity index (χ0v) is 20.9. The van der Waals surface area contributed by atoms with E-state index in [9.17, 15) is 0 Å². The highest BCUT2D eigenvalue weighted by Crippen LogP contribution is 2.33. The van der Waals surface area contributed by atoms with E-state index in [-0.39, 0.29) is 24.0 Å². The molecule has 0 amide bonds. The van der Waals surface area contributed by atoms with Crippen LogP contribution in [0.25, 0.3) is 0 Å². The Kier molecular flexibility index (Phi) is 10.6. The van der Waals surface area contributed by atoms with Crippen molar-refractivity contribution >= 4 is 53.3 Å². The first-order chi connectivity index (χ1) is 13.7. The van der Waals surface area contributed by atoms with Crippen molar-refractivity contribution in [1.29, 1.82) is 0 Å². The smallest absolute Gasteiger partial charge is 0.191 e. The molecule has 2 N–H and O–H groups in total. The normalized spacial score (nSPS) is 14.7.